The van der Waals surface area contributed by atoms with Gasteiger partial charge in [-0.05, 0) is 18.2 Å². The van der Waals surface area contributed by atoms with Crippen LogP contribution in [0.15, 0.2) is 77.0 Å². The monoisotopic (exact) mass is 297 g/mol. The Balaban J connectivity index is 2.02. The minimum atomic E-state index is -0.383. The number of nitro benzene ring substituents is 1. The van der Waals surface area contributed by atoms with E-state index in [4.69, 9.17) is 0 Å². The van der Waals surface area contributed by atoms with Gasteiger partial charge < -0.3 is 0 Å². The Morgan fingerprint density at radius 1 is 1.05 bits per heavy atom. The summed E-state index contributed by atoms with van der Waals surface area (Å²) in [5.74, 6) is 0. The average Bonchev–Trinajstić information content (AvgIpc) is 2.96. The van der Waals surface area contributed by atoms with Crippen LogP contribution >= 0.6 is 11.8 Å². The number of hydrogen-bond donors (Lipinski definition) is 0. The molecule has 0 atom stereocenters. The molecule has 0 N–H and O–H groups in total. The van der Waals surface area contributed by atoms with Crippen molar-refractivity contribution < 1.29 is 4.92 Å². The second-order valence-electron chi connectivity index (χ2n) is 4.24. The topological polar surface area (TPSA) is 61.0 Å². The van der Waals surface area contributed by atoms with Gasteiger partial charge in [-0.15, -0.1) is 0 Å². The van der Waals surface area contributed by atoms with E-state index in [2.05, 4.69) is 4.98 Å². The second kappa shape index (κ2) is 5.80. The fourth-order valence-corrected chi connectivity index (χ4v) is 2.84. The predicted molar refractivity (Wildman–Crippen MR) is 80.8 cm³/mol. The molecule has 1 aromatic heterocycles. The molecule has 0 unspecified atom stereocenters. The van der Waals surface area contributed by atoms with Gasteiger partial charge in [0.1, 0.15) is 5.69 Å². The van der Waals surface area contributed by atoms with Crippen LogP contribution in [-0.2, 0) is 0 Å². The molecule has 3 aromatic rings. The summed E-state index contributed by atoms with van der Waals surface area (Å²) in [6, 6.07) is 16.4. The molecule has 0 aliphatic rings. The summed E-state index contributed by atoms with van der Waals surface area (Å²) in [5, 5.41) is 11.8. The van der Waals surface area contributed by atoms with Gasteiger partial charge in [0.25, 0.3) is 5.69 Å². The van der Waals surface area contributed by atoms with Gasteiger partial charge in [0.05, 0.1) is 4.92 Å². The number of para-hydroxylation sites is 2. The summed E-state index contributed by atoms with van der Waals surface area (Å²) >= 11 is 1.47. The van der Waals surface area contributed by atoms with Crippen molar-refractivity contribution in [3.8, 4) is 5.69 Å². The van der Waals surface area contributed by atoms with Crippen LogP contribution < -0.4 is 0 Å². The minimum absolute atomic E-state index is 0.0606. The first-order valence-electron chi connectivity index (χ1n) is 6.26. The predicted octanol–water partition coefficient (Wildman–Crippen LogP) is 3.93. The van der Waals surface area contributed by atoms with Crippen molar-refractivity contribution in [1.29, 1.82) is 0 Å². The highest BCUT2D eigenvalue weighted by Crippen LogP contribution is 2.31. The van der Waals surface area contributed by atoms with Gasteiger partial charge in [-0.1, -0.05) is 42.1 Å². The zero-order valence-electron chi connectivity index (χ0n) is 10.9. The van der Waals surface area contributed by atoms with E-state index in [0.29, 0.717) is 10.8 Å². The highest BCUT2D eigenvalue weighted by atomic mass is 32.2. The molecule has 0 amide bonds. The highest BCUT2D eigenvalue weighted by Gasteiger charge is 2.17. The molecule has 3 rings (SSSR count). The van der Waals surface area contributed by atoms with Gasteiger partial charge >= 0.3 is 0 Å². The van der Waals surface area contributed by atoms with Crippen molar-refractivity contribution in [2.75, 3.05) is 0 Å². The average molecular weight is 297 g/mol. The first-order valence-corrected chi connectivity index (χ1v) is 7.07. The smallest absolute Gasteiger partial charge is 0.288 e. The number of imidazole rings is 1. The SMILES string of the molecule is O=[N+]([O-])c1ccccc1-n1ccnc1Sc1ccccc1. The third kappa shape index (κ3) is 2.80. The minimum Gasteiger partial charge on any atom is -0.288 e. The van der Waals surface area contributed by atoms with Crippen molar-refractivity contribution in [3.63, 3.8) is 0 Å². The van der Waals surface area contributed by atoms with Crippen LogP contribution in [0.1, 0.15) is 0 Å². The van der Waals surface area contributed by atoms with Gasteiger partial charge in [-0.3, -0.25) is 14.7 Å². The van der Waals surface area contributed by atoms with Crippen molar-refractivity contribution in [1.82, 2.24) is 9.55 Å². The molecule has 0 radical (unpaired) electrons. The van der Waals surface area contributed by atoms with Crippen molar-refractivity contribution in [2.45, 2.75) is 10.1 Å². The van der Waals surface area contributed by atoms with E-state index in [-0.39, 0.29) is 10.6 Å². The summed E-state index contributed by atoms with van der Waals surface area (Å²) in [6.07, 6.45) is 3.37. The molecular weight excluding hydrogens is 286 g/mol. The fraction of sp³-hybridized carbons (Fsp3) is 0. The largest absolute Gasteiger partial charge is 0.293 e. The number of aromatic nitrogens is 2. The summed E-state index contributed by atoms with van der Waals surface area (Å²) in [7, 11) is 0. The summed E-state index contributed by atoms with van der Waals surface area (Å²) in [5.41, 5.74) is 0.573. The highest BCUT2D eigenvalue weighted by molar-refractivity contribution is 7.99. The lowest BCUT2D eigenvalue weighted by Crippen LogP contribution is -2.00. The standard InChI is InChI=1S/C15H11N3O2S/c19-18(20)14-9-5-4-8-13(14)17-11-10-16-15(17)21-12-6-2-1-3-7-12/h1-11H. The molecule has 0 fully saturated rings. The van der Waals surface area contributed by atoms with Crippen LogP contribution in [-0.4, -0.2) is 14.5 Å². The Hall–Kier alpha value is -2.60. The van der Waals surface area contributed by atoms with Gasteiger partial charge in [0, 0.05) is 23.4 Å². The van der Waals surface area contributed by atoms with Crippen LogP contribution in [0.3, 0.4) is 0 Å². The van der Waals surface area contributed by atoms with Crippen LogP contribution in [0.25, 0.3) is 5.69 Å². The number of nitrogens with zero attached hydrogens (tertiary/aromatic N) is 3. The van der Waals surface area contributed by atoms with Crippen LogP contribution in [0, 0.1) is 10.1 Å². The van der Waals surface area contributed by atoms with E-state index in [1.54, 1.807) is 35.2 Å². The summed E-state index contributed by atoms with van der Waals surface area (Å²) in [6.45, 7) is 0. The Kier molecular flexibility index (Phi) is 3.70. The lowest BCUT2D eigenvalue weighted by Gasteiger charge is -2.07. The van der Waals surface area contributed by atoms with E-state index >= 15 is 0 Å². The Bertz CT molecular complexity index is 771. The van der Waals surface area contributed by atoms with Crippen molar-refractivity contribution in [3.05, 3.63) is 77.1 Å². The first kappa shape index (κ1) is 13.4. The van der Waals surface area contributed by atoms with E-state index in [9.17, 15) is 10.1 Å². The van der Waals surface area contributed by atoms with Gasteiger partial charge in [-0.2, -0.15) is 0 Å². The molecule has 6 heteroatoms. The van der Waals surface area contributed by atoms with E-state index in [1.807, 2.05) is 30.3 Å². The quantitative estimate of drug-likeness (QED) is 0.540. The van der Waals surface area contributed by atoms with E-state index in [0.717, 1.165) is 4.90 Å². The molecule has 5 nitrogen and oxygen atoms in total. The molecule has 1 heterocycles. The Morgan fingerprint density at radius 2 is 1.76 bits per heavy atom. The third-order valence-corrected chi connectivity index (χ3v) is 3.89. The molecule has 0 bridgehead atoms. The summed E-state index contributed by atoms with van der Waals surface area (Å²) in [4.78, 5) is 16.1. The lowest BCUT2D eigenvalue weighted by molar-refractivity contribution is -0.384. The number of rotatable bonds is 4. The van der Waals surface area contributed by atoms with E-state index in [1.165, 1.54) is 17.8 Å². The number of benzene rings is 2. The van der Waals surface area contributed by atoms with E-state index < -0.39 is 0 Å². The van der Waals surface area contributed by atoms with Crippen molar-refractivity contribution >= 4 is 17.4 Å². The maximum absolute atomic E-state index is 11.2. The second-order valence-corrected chi connectivity index (χ2v) is 5.28. The van der Waals surface area contributed by atoms with Crippen molar-refractivity contribution in [2.24, 2.45) is 0 Å². The maximum atomic E-state index is 11.2. The molecule has 104 valence electrons. The Labute approximate surface area is 125 Å². The van der Waals surface area contributed by atoms with Gasteiger partial charge in [0.2, 0.25) is 0 Å². The number of nitro groups is 1. The molecule has 0 aliphatic heterocycles. The van der Waals surface area contributed by atoms with Crippen LogP contribution in [0.4, 0.5) is 5.69 Å². The molecule has 0 saturated carbocycles. The van der Waals surface area contributed by atoms with Crippen LogP contribution in [0.2, 0.25) is 0 Å². The fourth-order valence-electron chi connectivity index (χ4n) is 1.96. The maximum Gasteiger partial charge on any atom is 0.293 e. The Morgan fingerprint density at radius 3 is 2.52 bits per heavy atom. The molecule has 2 aromatic carbocycles. The lowest BCUT2D eigenvalue weighted by atomic mass is 10.2. The zero-order chi connectivity index (χ0) is 14.7. The molecule has 0 aliphatic carbocycles. The van der Waals surface area contributed by atoms with Crippen LogP contribution in [0.5, 0.6) is 0 Å². The summed E-state index contributed by atoms with van der Waals surface area (Å²) < 4.78 is 1.73. The van der Waals surface area contributed by atoms with Gasteiger partial charge in [-0.25, -0.2) is 4.98 Å². The zero-order valence-corrected chi connectivity index (χ0v) is 11.7. The third-order valence-electron chi connectivity index (χ3n) is 2.90. The molecule has 0 saturated heterocycles. The number of hydrogen-bond acceptors (Lipinski definition) is 4. The first-order chi connectivity index (χ1) is 10.3. The van der Waals surface area contributed by atoms with Gasteiger partial charge in [0.15, 0.2) is 5.16 Å². The normalized spacial score (nSPS) is 10.5. The molecule has 21 heavy (non-hydrogen) atoms. The molecule has 0 spiro atoms. The molecular formula is C15H11N3O2S.